The lowest BCUT2D eigenvalue weighted by atomic mass is 10.1. The van der Waals surface area contributed by atoms with Crippen molar-refractivity contribution in [3.8, 4) is 0 Å². The monoisotopic (exact) mass is 472 g/mol. The summed E-state index contributed by atoms with van der Waals surface area (Å²) in [7, 11) is -3.16. The first kappa shape index (κ1) is 23.3. The summed E-state index contributed by atoms with van der Waals surface area (Å²) in [5.41, 5.74) is 3.15. The molecule has 33 heavy (non-hydrogen) atoms. The number of hydrogen-bond donors (Lipinski definition) is 0. The van der Waals surface area contributed by atoms with E-state index in [-0.39, 0.29) is 29.9 Å². The van der Waals surface area contributed by atoms with Gasteiger partial charge in [-0.05, 0) is 56.2 Å². The van der Waals surface area contributed by atoms with Crippen LogP contribution in [0.3, 0.4) is 0 Å². The van der Waals surface area contributed by atoms with Gasteiger partial charge in [-0.15, -0.1) is 0 Å². The van der Waals surface area contributed by atoms with E-state index in [0.717, 1.165) is 24.3 Å². The van der Waals surface area contributed by atoms with Gasteiger partial charge >= 0.3 is 0 Å². The number of furan rings is 1. The smallest absolute Gasteiger partial charge is 0.227 e. The van der Waals surface area contributed by atoms with E-state index < -0.39 is 15.7 Å². The zero-order valence-corrected chi connectivity index (χ0v) is 19.8. The molecule has 1 amide bonds. The highest BCUT2D eigenvalue weighted by Gasteiger charge is 2.35. The summed E-state index contributed by atoms with van der Waals surface area (Å²) in [6, 6.07) is 11.9. The van der Waals surface area contributed by atoms with E-state index in [1.54, 1.807) is 4.90 Å². The number of rotatable bonds is 8. The van der Waals surface area contributed by atoms with Crippen LogP contribution in [-0.4, -0.2) is 49.9 Å². The molecule has 176 valence electrons. The van der Waals surface area contributed by atoms with Crippen LogP contribution in [0.15, 0.2) is 53.1 Å². The van der Waals surface area contributed by atoms with E-state index in [4.69, 9.17) is 4.42 Å². The number of halogens is 1. The van der Waals surface area contributed by atoms with Crippen molar-refractivity contribution in [3.05, 3.63) is 65.7 Å². The van der Waals surface area contributed by atoms with Crippen LogP contribution < -0.4 is 4.90 Å². The summed E-state index contributed by atoms with van der Waals surface area (Å²) in [5, 5.41) is 0.561. The average molecular weight is 473 g/mol. The topological polar surface area (TPSA) is 70.8 Å². The maximum absolute atomic E-state index is 13.7. The lowest BCUT2D eigenvalue weighted by molar-refractivity contribution is -0.133. The number of sulfone groups is 1. The second kappa shape index (κ2) is 9.55. The Kier molecular flexibility index (Phi) is 6.74. The fraction of sp³-hybridized carbons (Fsp3) is 0.400. The van der Waals surface area contributed by atoms with Crippen LogP contribution >= 0.6 is 0 Å². The molecule has 1 aliphatic heterocycles. The number of hydrogen-bond acceptors (Lipinski definition) is 5. The van der Waals surface area contributed by atoms with E-state index in [2.05, 4.69) is 18.7 Å². The molecule has 1 aliphatic rings. The summed E-state index contributed by atoms with van der Waals surface area (Å²) in [6.45, 7) is 6.33. The summed E-state index contributed by atoms with van der Waals surface area (Å²) in [5.74, 6) is -0.541. The van der Waals surface area contributed by atoms with Gasteiger partial charge in [0.2, 0.25) is 5.91 Å². The third kappa shape index (κ3) is 5.21. The van der Waals surface area contributed by atoms with Crippen molar-refractivity contribution in [1.82, 2.24) is 4.90 Å². The molecule has 2 heterocycles. The summed E-state index contributed by atoms with van der Waals surface area (Å²) >= 11 is 0. The minimum absolute atomic E-state index is 0.0184. The van der Waals surface area contributed by atoms with E-state index in [1.165, 1.54) is 24.5 Å². The molecule has 4 rings (SSSR count). The molecule has 0 aliphatic carbocycles. The molecular formula is C25H29FN2O4S. The second-order valence-electron chi connectivity index (χ2n) is 8.50. The highest BCUT2D eigenvalue weighted by Crippen LogP contribution is 2.26. The van der Waals surface area contributed by atoms with Crippen LogP contribution in [0.25, 0.3) is 11.0 Å². The Morgan fingerprint density at radius 3 is 2.48 bits per heavy atom. The predicted molar refractivity (Wildman–Crippen MR) is 127 cm³/mol. The Morgan fingerprint density at radius 2 is 1.85 bits per heavy atom. The maximum Gasteiger partial charge on any atom is 0.227 e. The third-order valence-electron chi connectivity index (χ3n) is 6.34. The van der Waals surface area contributed by atoms with Crippen molar-refractivity contribution in [2.75, 3.05) is 29.5 Å². The Morgan fingerprint density at radius 1 is 1.12 bits per heavy atom. The first-order valence-corrected chi connectivity index (χ1v) is 13.1. The van der Waals surface area contributed by atoms with Gasteiger partial charge < -0.3 is 14.2 Å². The molecule has 0 spiro atoms. The van der Waals surface area contributed by atoms with Gasteiger partial charge in [-0.1, -0.05) is 12.1 Å². The molecule has 8 heteroatoms. The minimum Gasteiger partial charge on any atom is -0.464 e. The van der Waals surface area contributed by atoms with Gasteiger partial charge in [-0.25, -0.2) is 12.8 Å². The zero-order valence-electron chi connectivity index (χ0n) is 19.0. The van der Waals surface area contributed by atoms with Crippen LogP contribution in [0.5, 0.6) is 0 Å². The van der Waals surface area contributed by atoms with E-state index in [0.29, 0.717) is 29.5 Å². The van der Waals surface area contributed by atoms with Gasteiger partial charge in [0.25, 0.3) is 0 Å². The molecule has 1 aromatic heterocycles. The van der Waals surface area contributed by atoms with Crippen molar-refractivity contribution in [3.63, 3.8) is 0 Å². The summed E-state index contributed by atoms with van der Waals surface area (Å²) in [6.07, 6.45) is 1.92. The zero-order chi connectivity index (χ0) is 23.6. The fourth-order valence-corrected chi connectivity index (χ4v) is 6.23. The molecule has 1 unspecified atom stereocenters. The molecule has 2 aromatic carbocycles. The lowest BCUT2D eigenvalue weighted by Gasteiger charge is -2.29. The summed E-state index contributed by atoms with van der Waals surface area (Å²) in [4.78, 5) is 17.3. The van der Waals surface area contributed by atoms with Gasteiger partial charge in [0.1, 0.15) is 11.4 Å². The van der Waals surface area contributed by atoms with Gasteiger partial charge in [-0.2, -0.15) is 0 Å². The molecule has 0 N–H and O–H groups in total. The number of amides is 1. The molecule has 1 atom stereocenters. The van der Waals surface area contributed by atoms with Gasteiger partial charge in [0, 0.05) is 42.3 Å². The lowest BCUT2D eigenvalue weighted by Crippen LogP contribution is -2.41. The van der Waals surface area contributed by atoms with Crippen LogP contribution in [0.4, 0.5) is 10.1 Å². The van der Waals surface area contributed by atoms with E-state index in [1.807, 2.05) is 24.3 Å². The van der Waals surface area contributed by atoms with Crippen molar-refractivity contribution in [2.45, 2.75) is 39.3 Å². The predicted octanol–water partition coefficient (Wildman–Crippen LogP) is 4.18. The molecule has 0 saturated carbocycles. The minimum atomic E-state index is -3.16. The molecule has 6 nitrogen and oxygen atoms in total. The first-order chi connectivity index (χ1) is 15.8. The molecule has 3 aromatic rings. The third-order valence-corrected chi connectivity index (χ3v) is 8.10. The maximum atomic E-state index is 13.7. The molecule has 1 saturated heterocycles. The van der Waals surface area contributed by atoms with E-state index in [9.17, 15) is 17.6 Å². The average Bonchev–Trinajstić information content (AvgIpc) is 3.36. The van der Waals surface area contributed by atoms with Gasteiger partial charge in [0.15, 0.2) is 9.84 Å². The van der Waals surface area contributed by atoms with Gasteiger partial charge in [-0.3, -0.25) is 4.79 Å². The van der Waals surface area contributed by atoms with Crippen molar-refractivity contribution in [2.24, 2.45) is 0 Å². The van der Waals surface area contributed by atoms with E-state index >= 15 is 0 Å². The van der Waals surface area contributed by atoms with Crippen LogP contribution in [0, 0.1) is 5.82 Å². The normalized spacial score (nSPS) is 17.4. The first-order valence-electron chi connectivity index (χ1n) is 11.3. The van der Waals surface area contributed by atoms with Gasteiger partial charge in [0.05, 0.1) is 24.2 Å². The number of carbonyl (C=O) groups is 1. The SMILES string of the molecule is CCN(CC)c1ccc(CN(C(=O)Cc2coc3ccc(F)cc23)C2CCS(=O)(=O)C2)cc1. The van der Waals surface area contributed by atoms with Crippen LogP contribution in [-0.2, 0) is 27.6 Å². The quantitative estimate of drug-likeness (QED) is 0.492. The van der Waals surface area contributed by atoms with Crippen LogP contribution in [0.1, 0.15) is 31.4 Å². The number of carbonyl (C=O) groups excluding carboxylic acids is 1. The number of anilines is 1. The Labute approximate surface area is 193 Å². The second-order valence-corrected chi connectivity index (χ2v) is 10.7. The van der Waals surface area contributed by atoms with Crippen LogP contribution in [0.2, 0.25) is 0 Å². The Hall–Kier alpha value is -2.87. The van der Waals surface area contributed by atoms with Crippen molar-refractivity contribution < 1.29 is 22.0 Å². The fourth-order valence-electron chi connectivity index (χ4n) is 4.50. The van der Waals surface area contributed by atoms with Crippen molar-refractivity contribution in [1.29, 1.82) is 0 Å². The van der Waals surface area contributed by atoms with Crippen molar-refractivity contribution >= 4 is 32.4 Å². The summed E-state index contributed by atoms with van der Waals surface area (Å²) < 4.78 is 43.5. The Bertz CT molecular complexity index is 1230. The molecule has 1 fully saturated rings. The number of benzene rings is 2. The Balaban J connectivity index is 1.58. The largest absolute Gasteiger partial charge is 0.464 e. The molecular weight excluding hydrogens is 443 g/mol. The number of nitrogens with zero attached hydrogens (tertiary/aromatic N) is 2. The molecule has 0 bridgehead atoms. The highest BCUT2D eigenvalue weighted by molar-refractivity contribution is 7.91. The molecule has 0 radical (unpaired) electrons. The highest BCUT2D eigenvalue weighted by atomic mass is 32.2. The number of fused-ring (bicyclic) bond motifs is 1. The standard InChI is InChI=1S/C25H29FN2O4S/c1-3-27(4-2)21-8-5-18(6-9-21)15-28(22-11-12-33(30,31)17-22)25(29)13-19-16-32-24-10-7-20(26)14-23(19)24/h5-10,14,16,22H,3-4,11-13,15,17H2,1-2H3.